The zero-order valence-corrected chi connectivity index (χ0v) is 9.93. The highest BCUT2D eigenvalue weighted by Gasteiger charge is 2.34. The van der Waals surface area contributed by atoms with Crippen molar-refractivity contribution in [1.29, 1.82) is 0 Å². The number of hydrogen-bond acceptors (Lipinski definition) is 2. The molecular weight excluding hydrogens is 241 g/mol. The second kappa shape index (κ2) is 4.46. The van der Waals surface area contributed by atoms with Gasteiger partial charge in [0.05, 0.1) is 0 Å². The summed E-state index contributed by atoms with van der Waals surface area (Å²) in [5, 5.41) is 3.42. The molecule has 1 saturated heterocycles. The van der Waals surface area contributed by atoms with Crippen molar-refractivity contribution in [3.05, 3.63) is 29.6 Å². The molecule has 1 N–H and O–H groups in total. The lowest BCUT2D eigenvalue weighted by Gasteiger charge is -2.35. The summed E-state index contributed by atoms with van der Waals surface area (Å²) in [5.41, 5.74) is 0.429. The first-order valence-electron chi connectivity index (χ1n) is 6.28. The van der Waals surface area contributed by atoms with Gasteiger partial charge in [0.1, 0.15) is 0 Å². The summed E-state index contributed by atoms with van der Waals surface area (Å²) in [7, 11) is 0. The molecule has 5 heteroatoms. The minimum absolute atomic E-state index is 0.384. The first kappa shape index (κ1) is 11.8. The number of hydrogen-bond donors (Lipinski definition) is 1. The van der Waals surface area contributed by atoms with Gasteiger partial charge in [-0.2, -0.15) is 0 Å². The second-order valence-corrected chi connectivity index (χ2v) is 5.07. The lowest BCUT2D eigenvalue weighted by atomic mass is 10.1. The minimum Gasteiger partial charge on any atom is -0.369 e. The molecule has 1 aromatic rings. The standard InChI is InChI=1S/C13H15F3N2/c14-10-5-9(6-11(15)13(10)16)18-4-3-17-12(7-18)8-1-2-8/h5-6,8,12,17H,1-4,7H2. The molecule has 0 bridgehead atoms. The summed E-state index contributed by atoms with van der Waals surface area (Å²) in [4.78, 5) is 1.92. The SMILES string of the molecule is Fc1cc(N2CCNC(C3CC3)C2)cc(F)c1F. The zero-order valence-electron chi connectivity index (χ0n) is 9.93. The van der Waals surface area contributed by atoms with Crippen molar-refractivity contribution in [2.24, 2.45) is 5.92 Å². The number of rotatable bonds is 2. The topological polar surface area (TPSA) is 15.3 Å². The molecule has 1 atom stereocenters. The van der Waals surface area contributed by atoms with Crippen LogP contribution in [0.2, 0.25) is 0 Å². The Labute approximate surface area is 104 Å². The van der Waals surface area contributed by atoms with Crippen LogP contribution in [0.15, 0.2) is 12.1 Å². The van der Waals surface area contributed by atoms with Crippen LogP contribution in [-0.2, 0) is 0 Å². The molecule has 2 fully saturated rings. The fourth-order valence-corrected chi connectivity index (χ4v) is 2.55. The highest BCUT2D eigenvalue weighted by Crippen LogP contribution is 2.34. The van der Waals surface area contributed by atoms with Crippen LogP contribution < -0.4 is 10.2 Å². The van der Waals surface area contributed by atoms with Crippen molar-refractivity contribution < 1.29 is 13.2 Å². The highest BCUT2D eigenvalue weighted by molar-refractivity contribution is 5.48. The molecule has 0 amide bonds. The number of nitrogens with zero attached hydrogens (tertiary/aromatic N) is 1. The van der Waals surface area contributed by atoms with E-state index in [-0.39, 0.29) is 0 Å². The summed E-state index contributed by atoms with van der Waals surface area (Å²) in [6.07, 6.45) is 2.44. The molecule has 2 aliphatic rings. The van der Waals surface area contributed by atoms with Crippen LogP contribution in [0.5, 0.6) is 0 Å². The predicted molar refractivity (Wildman–Crippen MR) is 63.0 cm³/mol. The van der Waals surface area contributed by atoms with E-state index in [4.69, 9.17) is 0 Å². The van der Waals surface area contributed by atoms with E-state index >= 15 is 0 Å². The third kappa shape index (κ3) is 2.19. The Hall–Kier alpha value is -1.23. The number of benzene rings is 1. The van der Waals surface area contributed by atoms with Gasteiger partial charge in [-0.25, -0.2) is 13.2 Å². The molecule has 1 unspecified atom stereocenters. The number of halogens is 3. The average Bonchev–Trinajstić information content (AvgIpc) is 3.20. The minimum atomic E-state index is -1.40. The van der Waals surface area contributed by atoms with Gasteiger partial charge in [0.25, 0.3) is 0 Å². The van der Waals surface area contributed by atoms with E-state index in [2.05, 4.69) is 5.32 Å². The summed E-state index contributed by atoms with van der Waals surface area (Å²) in [5.74, 6) is -2.95. The van der Waals surface area contributed by atoms with Crippen molar-refractivity contribution in [2.45, 2.75) is 18.9 Å². The summed E-state index contributed by atoms with van der Waals surface area (Å²) in [6, 6.07) is 2.54. The van der Waals surface area contributed by atoms with Crippen LogP contribution in [0.4, 0.5) is 18.9 Å². The predicted octanol–water partition coefficient (Wildman–Crippen LogP) is 2.29. The third-order valence-electron chi connectivity index (χ3n) is 3.73. The van der Waals surface area contributed by atoms with E-state index in [0.717, 1.165) is 25.2 Å². The van der Waals surface area contributed by atoms with Crippen molar-refractivity contribution in [3.63, 3.8) is 0 Å². The van der Waals surface area contributed by atoms with E-state index in [9.17, 15) is 13.2 Å². The molecule has 3 rings (SSSR count). The summed E-state index contributed by atoms with van der Waals surface area (Å²) in [6.45, 7) is 2.21. The van der Waals surface area contributed by atoms with Gasteiger partial charge in [-0.1, -0.05) is 0 Å². The van der Waals surface area contributed by atoms with Gasteiger partial charge in [0.15, 0.2) is 17.5 Å². The number of nitrogens with one attached hydrogen (secondary N) is 1. The van der Waals surface area contributed by atoms with Gasteiger partial charge in [-0.15, -0.1) is 0 Å². The van der Waals surface area contributed by atoms with Crippen LogP contribution in [0.25, 0.3) is 0 Å². The Morgan fingerprint density at radius 1 is 1.11 bits per heavy atom. The maximum absolute atomic E-state index is 13.2. The molecule has 1 saturated carbocycles. The Morgan fingerprint density at radius 3 is 2.39 bits per heavy atom. The third-order valence-corrected chi connectivity index (χ3v) is 3.73. The molecule has 1 aliphatic carbocycles. The first-order valence-corrected chi connectivity index (χ1v) is 6.28. The van der Waals surface area contributed by atoms with E-state index in [0.29, 0.717) is 24.2 Å². The largest absolute Gasteiger partial charge is 0.369 e. The Morgan fingerprint density at radius 2 is 1.78 bits per heavy atom. The van der Waals surface area contributed by atoms with Crippen molar-refractivity contribution >= 4 is 5.69 Å². The molecule has 0 aromatic heterocycles. The normalized spacial score (nSPS) is 24.4. The molecule has 2 nitrogen and oxygen atoms in total. The Bertz CT molecular complexity index is 437. The van der Waals surface area contributed by atoms with E-state index in [1.165, 1.54) is 12.8 Å². The maximum Gasteiger partial charge on any atom is 0.194 e. The zero-order chi connectivity index (χ0) is 12.7. The summed E-state index contributed by atoms with van der Waals surface area (Å²) >= 11 is 0. The van der Waals surface area contributed by atoms with Crippen LogP contribution in [-0.4, -0.2) is 25.7 Å². The van der Waals surface area contributed by atoms with Crippen LogP contribution >= 0.6 is 0 Å². The van der Waals surface area contributed by atoms with Gasteiger partial charge in [-0.05, 0) is 18.8 Å². The quantitative estimate of drug-likeness (QED) is 0.817. The molecule has 1 aliphatic heterocycles. The molecule has 0 radical (unpaired) electrons. The van der Waals surface area contributed by atoms with Gasteiger partial charge in [-0.3, -0.25) is 0 Å². The van der Waals surface area contributed by atoms with Gasteiger partial charge in [0, 0.05) is 43.5 Å². The van der Waals surface area contributed by atoms with Crippen LogP contribution in [0.3, 0.4) is 0 Å². The monoisotopic (exact) mass is 256 g/mol. The second-order valence-electron chi connectivity index (χ2n) is 5.07. The molecule has 0 spiro atoms. The number of piperazine rings is 1. The number of anilines is 1. The molecule has 98 valence electrons. The maximum atomic E-state index is 13.2. The smallest absolute Gasteiger partial charge is 0.194 e. The Balaban J connectivity index is 1.80. The van der Waals surface area contributed by atoms with Crippen molar-refractivity contribution in [3.8, 4) is 0 Å². The van der Waals surface area contributed by atoms with Crippen molar-refractivity contribution in [1.82, 2.24) is 5.32 Å². The van der Waals surface area contributed by atoms with Crippen LogP contribution in [0, 0.1) is 23.4 Å². The molecule has 1 aromatic carbocycles. The van der Waals surface area contributed by atoms with Gasteiger partial charge < -0.3 is 10.2 Å². The van der Waals surface area contributed by atoms with E-state index in [1.54, 1.807) is 0 Å². The lowest BCUT2D eigenvalue weighted by Crippen LogP contribution is -2.51. The van der Waals surface area contributed by atoms with Gasteiger partial charge in [0.2, 0.25) is 0 Å². The fraction of sp³-hybridized carbons (Fsp3) is 0.538. The van der Waals surface area contributed by atoms with Gasteiger partial charge >= 0.3 is 0 Å². The fourth-order valence-electron chi connectivity index (χ4n) is 2.55. The van der Waals surface area contributed by atoms with E-state index in [1.807, 2.05) is 4.90 Å². The van der Waals surface area contributed by atoms with Crippen molar-refractivity contribution in [2.75, 3.05) is 24.5 Å². The molecular formula is C13H15F3N2. The van der Waals surface area contributed by atoms with E-state index < -0.39 is 17.5 Å². The Kier molecular flexibility index (Phi) is 2.93. The lowest BCUT2D eigenvalue weighted by molar-refractivity contribution is 0.415. The average molecular weight is 256 g/mol. The van der Waals surface area contributed by atoms with Crippen LogP contribution in [0.1, 0.15) is 12.8 Å². The molecule has 1 heterocycles. The summed E-state index contributed by atoms with van der Waals surface area (Å²) < 4.78 is 39.3. The molecule has 18 heavy (non-hydrogen) atoms. The first-order chi connectivity index (χ1) is 8.65. The highest BCUT2D eigenvalue weighted by atomic mass is 19.2.